The molecule has 1 aliphatic heterocycles. The van der Waals surface area contributed by atoms with Gasteiger partial charge in [0.1, 0.15) is 11.6 Å². The first-order valence-electron chi connectivity index (χ1n) is 8.53. The minimum Gasteiger partial charge on any atom is -0.369 e. The van der Waals surface area contributed by atoms with Crippen molar-refractivity contribution in [3.8, 4) is 0 Å². The van der Waals surface area contributed by atoms with E-state index in [1.807, 2.05) is 24.0 Å². The van der Waals surface area contributed by atoms with Crippen LogP contribution >= 0.6 is 0 Å². The van der Waals surface area contributed by atoms with Gasteiger partial charge in [0.15, 0.2) is 5.82 Å². The zero-order valence-corrected chi connectivity index (χ0v) is 15.4. The summed E-state index contributed by atoms with van der Waals surface area (Å²) >= 11 is 0. The SMILES string of the molecule is CCNc1ccc(N2CCN(S(=O)(=O)Cc3ccccc3F)CC2)nn1. The lowest BCUT2D eigenvalue weighted by molar-refractivity contribution is 0.382. The van der Waals surface area contributed by atoms with E-state index in [1.165, 1.54) is 16.4 Å². The number of nitrogens with zero attached hydrogens (tertiary/aromatic N) is 4. The lowest BCUT2D eigenvalue weighted by atomic mass is 10.2. The van der Waals surface area contributed by atoms with Gasteiger partial charge in [-0.2, -0.15) is 4.31 Å². The second kappa shape index (κ2) is 7.96. The van der Waals surface area contributed by atoms with Crippen molar-refractivity contribution in [3.05, 3.63) is 47.8 Å². The zero-order chi connectivity index (χ0) is 18.6. The van der Waals surface area contributed by atoms with Crippen LogP contribution in [0.5, 0.6) is 0 Å². The van der Waals surface area contributed by atoms with Crippen LogP contribution in [0.1, 0.15) is 12.5 Å². The maximum absolute atomic E-state index is 13.7. The Labute approximate surface area is 152 Å². The fraction of sp³-hybridized carbons (Fsp3) is 0.412. The molecule has 1 N–H and O–H groups in total. The topological polar surface area (TPSA) is 78.4 Å². The second-order valence-corrected chi connectivity index (χ2v) is 8.01. The quantitative estimate of drug-likeness (QED) is 0.823. The highest BCUT2D eigenvalue weighted by Gasteiger charge is 2.28. The summed E-state index contributed by atoms with van der Waals surface area (Å²) in [5, 5.41) is 11.4. The van der Waals surface area contributed by atoms with Crippen molar-refractivity contribution in [1.82, 2.24) is 14.5 Å². The van der Waals surface area contributed by atoms with Crippen LogP contribution in [0.3, 0.4) is 0 Å². The Hall–Kier alpha value is -2.26. The number of aromatic nitrogens is 2. The molecule has 9 heteroatoms. The molecule has 1 fully saturated rings. The highest BCUT2D eigenvalue weighted by atomic mass is 32.2. The molecular weight excluding hydrogens is 357 g/mol. The van der Waals surface area contributed by atoms with Crippen molar-refractivity contribution in [1.29, 1.82) is 0 Å². The summed E-state index contributed by atoms with van der Waals surface area (Å²) in [7, 11) is -3.56. The highest BCUT2D eigenvalue weighted by Crippen LogP contribution is 2.19. The van der Waals surface area contributed by atoms with Gasteiger partial charge >= 0.3 is 0 Å². The van der Waals surface area contributed by atoms with Gasteiger partial charge in [0, 0.05) is 38.3 Å². The summed E-state index contributed by atoms with van der Waals surface area (Å²) in [6.07, 6.45) is 0. The van der Waals surface area contributed by atoms with Gasteiger partial charge in [0.05, 0.1) is 5.75 Å². The fourth-order valence-electron chi connectivity index (χ4n) is 2.87. The lowest BCUT2D eigenvalue weighted by Gasteiger charge is -2.34. The van der Waals surface area contributed by atoms with Crippen LogP contribution in [0.15, 0.2) is 36.4 Å². The number of rotatable bonds is 6. The van der Waals surface area contributed by atoms with Crippen molar-refractivity contribution in [2.75, 3.05) is 42.9 Å². The number of piperazine rings is 1. The predicted octanol–water partition coefficient (Wildman–Crippen LogP) is 1.70. The normalized spacial score (nSPS) is 15.8. The monoisotopic (exact) mass is 379 g/mol. The molecule has 0 amide bonds. The number of halogens is 1. The van der Waals surface area contributed by atoms with E-state index in [0.717, 1.165) is 12.4 Å². The minimum atomic E-state index is -3.56. The fourth-order valence-corrected chi connectivity index (χ4v) is 4.40. The van der Waals surface area contributed by atoms with E-state index in [0.29, 0.717) is 32.0 Å². The molecule has 2 aromatic rings. The summed E-state index contributed by atoms with van der Waals surface area (Å²) in [5.41, 5.74) is 0.194. The first-order valence-corrected chi connectivity index (χ1v) is 10.1. The molecule has 1 aliphatic rings. The summed E-state index contributed by atoms with van der Waals surface area (Å²) < 4.78 is 40.3. The first-order chi connectivity index (χ1) is 12.5. The molecule has 3 rings (SSSR count). The highest BCUT2D eigenvalue weighted by molar-refractivity contribution is 7.88. The van der Waals surface area contributed by atoms with Crippen LogP contribution in [0.4, 0.5) is 16.0 Å². The molecule has 1 aromatic heterocycles. The van der Waals surface area contributed by atoms with Gasteiger partial charge < -0.3 is 10.2 Å². The van der Waals surface area contributed by atoms with Crippen LogP contribution in [0.25, 0.3) is 0 Å². The average molecular weight is 379 g/mol. The van der Waals surface area contributed by atoms with Gasteiger partial charge in [0.25, 0.3) is 0 Å². The van der Waals surface area contributed by atoms with E-state index in [4.69, 9.17) is 0 Å². The van der Waals surface area contributed by atoms with Gasteiger partial charge in [-0.15, -0.1) is 10.2 Å². The molecule has 0 bridgehead atoms. The lowest BCUT2D eigenvalue weighted by Crippen LogP contribution is -2.49. The van der Waals surface area contributed by atoms with Gasteiger partial charge in [-0.3, -0.25) is 0 Å². The number of benzene rings is 1. The molecule has 0 aliphatic carbocycles. The number of hydrogen-bond donors (Lipinski definition) is 1. The molecule has 7 nitrogen and oxygen atoms in total. The van der Waals surface area contributed by atoms with Gasteiger partial charge in [0.2, 0.25) is 10.0 Å². The Morgan fingerprint density at radius 2 is 1.81 bits per heavy atom. The maximum atomic E-state index is 13.7. The van der Waals surface area contributed by atoms with Crippen LogP contribution in [0, 0.1) is 5.82 Å². The van der Waals surface area contributed by atoms with Crippen molar-refractivity contribution in [3.63, 3.8) is 0 Å². The summed E-state index contributed by atoms with van der Waals surface area (Å²) in [5.74, 6) is 0.613. The second-order valence-electron chi connectivity index (χ2n) is 6.04. The molecule has 0 saturated carbocycles. The van der Waals surface area contributed by atoms with Crippen LogP contribution in [-0.4, -0.2) is 55.6 Å². The van der Waals surface area contributed by atoms with E-state index in [1.54, 1.807) is 12.1 Å². The maximum Gasteiger partial charge on any atom is 0.218 e. The van der Waals surface area contributed by atoms with Crippen LogP contribution in [0.2, 0.25) is 0 Å². The van der Waals surface area contributed by atoms with E-state index < -0.39 is 15.8 Å². The van der Waals surface area contributed by atoms with Crippen molar-refractivity contribution >= 4 is 21.7 Å². The van der Waals surface area contributed by atoms with Crippen LogP contribution < -0.4 is 10.2 Å². The Kier molecular flexibility index (Phi) is 5.67. The van der Waals surface area contributed by atoms with Crippen molar-refractivity contribution in [2.24, 2.45) is 0 Å². The Morgan fingerprint density at radius 1 is 1.08 bits per heavy atom. The summed E-state index contributed by atoms with van der Waals surface area (Å²) in [6, 6.07) is 9.69. The van der Waals surface area contributed by atoms with Crippen molar-refractivity contribution in [2.45, 2.75) is 12.7 Å². The van der Waals surface area contributed by atoms with E-state index in [-0.39, 0.29) is 11.3 Å². The number of hydrogen-bond acceptors (Lipinski definition) is 6. The molecule has 1 saturated heterocycles. The Morgan fingerprint density at radius 3 is 2.42 bits per heavy atom. The van der Waals surface area contributed by atoms with E-state index in [2.05, 4.69) is 15.5 Å². The third kappa shape index (κ3) is 4.28. The average Bonchev–Trinajstić information content (AvgIpc) is 2.65. The van der Waals surface area contributed by atoms with Crippen LogP contribution in [-0.2, 0) is 15.8 Å². The largest absolute Gasteiger partial charge is 0.369 e. The Bertz CT molecular complexity index is 836. The first kappa shape index (κ1) is 18.5. The molecule has 2 heterocycles. The zero-order valence-electron chi connectivity index (χ0n) is 14.6. The smallest absolute Gasteiger partial charge is 0.218 e. The minimum absolute atomic E-state index is 0.194. The Balaban J connectivity index is 1.61. The molecule has 140 valence electrons. The summed E-state index contributed by atoms with van der Waals surface area (Å²) in [4.78, 5) is 2.00. The molecule has 0 radical (unpaired) electrons. The summed E-state index contributed by atoms with van der Waals surface area (Å²) in [6.45, 7) is 4.47. The number of sulfonamides is 1. The van der Waals surface area contributed by atoms with Gasteiger partial charge in [-0.1, -0.05) is 18.2 Å². The van der Waals surface area contributed by atoms with Gasteiger partial charge in [-0.05, 0) is 25.1 Å². The van der Waals surface area contributed by atoms with E-state index >= 15 is 0 Å². The molecule has 1 aromatic carbocycles. The number of nitrogens with one attached hydrogen (secondary N) is 1. The molecule has 26 heavy (non-hydrogen) atoms. The third-order valence-corrected chi connectivity index (χ3v) is 6.09. The standard InChI is InChI=1S/C17H22FN5O2S/c1-2-19-16-7-8-17(21-20-16)22-9-11-23(12-10-22)26(24,25)13-14-5-3-4-6-15(14)18/h3-8H,2,9-13H2,1H3,(H,19,20). The molecule has 0 atom stereocenters. The molecular formula is C17H22FN5O2S. The van der Waals surface area contributed by atoms with Gasteiger partial charge in [-0.25, -0.2) is 12.8 Å². The van der Waals surface area contributed by atoms with E-state index in [9.17, 15) is 12.8 Å². The third-order valence-electron chi connectivity index (χ3n) is 4.26. The van der Waals surface area contributed by atoms with Crippen molar-refractivity contribution < 1.29 is 12.8 Å². The molecule has 0 unspecified atom stereocenters. The molecule has 0 spiro atoms. The predicted molar refractivity (Wildman–Crippen MR) is 99.0 cm³/mol. The number of anilines is 2.